The lowest BCUT2D eigenvalue weighted by molar-refractivity contribution is 0.181. The lowest BCUT2D eigenvalue weighted by atomic mass is 10.5. The van der Waals surface area contributed by atoms with Gasteiger partial charge in [0.05, 0.1) is 6.54 Å². The number of nitrogens with zero attached hydrogens (tertiary/aromatic N) is 3. The molecule has 6 heteroatoms. The maximum Gasteiger partial charge on any atom is 0.415 e. The van der Waals surface area contributed by atoms with Crippen LogP contribution >= 0.6 is 11.6 Å². The summed E-state index contributed by atoms with van der Waals surface area (Å²) < 4.78 is 4.74. The van der Waals surface area contributed by atoms with Crippen LogP contribution in [0.3, 0.4) is 0 Å². The van der Waals surface area contributed by atoms with E-state index in [-0.39, 0.29) is 5.28 Å². The SMILES string of the molecule is O=C1OCCN1c1ccnc(Cl)n1. The van der Waals surface area contributed by atoms with Gasteiger partial charge < -0.3 is 4.74 Å². The molecule has 1 aromatic rings. The van der Waals surface area contributed by atoms with Gasteiger partial charge in [0.1, 0.15) is 12.4 Å². The Morgan fingerprint density at radius 3 is 3.08 bits per heavy atom. The first-order valence-electron chi connectivity index (χ1n) is 3.70. The highest BCUT2D eigenvalue weighted by molar-refractivity contribution is 6.28. The molecule has 2 rings (SSSR count). The zero-order chi connectivity index (χ0) is 9.26. The van der Waals surface area contributed by atoms with Crippen molar-refractivity contribution in [3.63, 3.8) is 0 Å². The van der Waals surface area contributed by atoms with E-state index in [1.165, 1.54) is 11.1 Å². The fourth-order valence-corrected chi connectivity index (χ4v) is 1.22. The lowest BCUT2D eigenvalue weighted by Gasteiger charge is -2.10. The topological polar surface area (TPSA) is 55.3 Å². The van der Waals surface area contributed by atoms with E-state index < -0.39 is 6.09 Å². The Morgan fingerprint density at radius 1 is 1.62 bits per heavy atom. The van der Waals surface area contributed by atoms with Gasteiger partial charge in [-0.05, 0) is 17.7 Å². The Bertz CT molecular complexity index is 344. The summed E-state index contributed by atoms with van der Waals surface area (Å²) in [5.74, 6) is 0.475. The molecular formula is C7H6ClN3O2. The van der Waals surface area contributed by atoms with Gasteiger partial charge in [0, 0.05) is 6.20 Å². The molecule has 1 amide bonds. The maximum atomic E-state index is 11.1. The van der Waals surface area contributed by atoms with Crippen molar-refractivity contribution in [2.45, 2.75) is 0 Å². The van der Waals surface area contributed by atoms with Crippen LogP contribution < -0.4 is 4.90 Å². The summed E-state index contributed by atoms with van der Waals surface area (Å²) in [6, 6.07) is 1.61. The van der Waals surface area contributed by atoms with Crippen LogP contribution in [-0.4, -0.2) is 29.2 Å². The predicted molar refractivity (Wildman–Crippen MR) is 45.7 cm³/mol. The summed E-state index contributed by atoms with van der Waals surface area (Å²) in [5.41, 5.74) is 0. The Hall–Kier alpha value is -1.36. The van der Waals surface area contributed by atoms with Gasteiger partial charge in [-0.3, -0.25) is 4.90 Å². The Kier molecular flexibility index (Phi) is 2.02. The van der Waals surface area contributed by atoms with Gasteiger partial charge in [0.2, 0.25) is 5.28 Å². The fraction of sp³-hybridized carbons (Fsp3) is 0.286. The van der Waals surface area contributed by atoms with Crippen LogP contribution in [-0.2, 0) is 4.74 Å². The minimum absolute atomic E-state index is 0.122. The lowest BCUT2D eigenvalue weighted by Crippen LogP contribution is -2.24. The Morgan fingerprint density at radius 2 is 2.46 bits per heavy atom. The molecule has 0 N–H and O–H groups in total. The van der Waals surface area contributed by atoms with Crippen molar-refractivity contribution >= 4 is 23.5 Å². The molecule has 0 aliphatic carbocycles. The summed E-state index contributed by atoms with van der Waals surface area (Å²) in [5, 5.41) is 0.122. The average Bonchev–Trinajstić information content (AvgIpc) is 2.51. The number of anilines is 1. The van der Waals surface area contributed by atoms with Crippen molar-refractivity contribution in [2.75, 3.05) is 18.1 Å². The minimum atomic E-state index is -0.394. The smallest absolute Gasteiger partial charge is 0.415 e. The molecule has 0 bridgehead atoms. The highest BCUT2D eigenvalue weighted by Crippen LogP contribution is 2.16. The third-order valence-electron chi connectivity index (χ3n) is 1.65. The molecule has 2 heterocycles. The van der Waals surface area contributed by atoms with Crippen molar-refractivity contribution in [3.05, 3.63) is 17.5 Å². The van der Waals surface area contributed by atoms with Gasteiger partial charge >= 0.3 is 6.09 Å². The van der Waals surface area contributed by atoms with Crippen LogP contribution in [0.15, 0.2) is 12.3 Å². The molecule has 0 spiro atoms. The number of ether oxygens (including phenoxy) is 1. The van der Waals surface area contributed by atoms with Crippen LogP contribution in [0.1, 0.15) is 0 Å². The van der Waals surface area contributed by atoms with E-state index in [2.05, 4.69) is 9.97 Å². The van der Waals surface area contributed by atoms with Crippen molar-refractivity contribution in [2.24, 2.45) is 0 Å². The molecule has 0 atom stereocenters. The maximum absolute atomic E-state index is 11.1. The Labute approximate surface area is 79.3 Å². The fourth-order valence-electron chi connectivity index (χ4n) is 1.08. The van der Waals surface area contributed by atoms with E-state index in [0.29, 0.717) is 19.0 Å². The first kappa shape index (κ1) is 8.25. The molecule has 5 nitrogen and oxygen atoms in total. The van der Waals surface area contributed by atoms with E-state index in [1.807, 2.05) is 0 Å². The largest absolute Gasteiger partial charge is 0.447 e. The summed E-state index contributed by atoms with van der Waals surface area (Å²) in [6.45, 7) is 0.895. The van der Waals surface area contributed by atoms with E-state index in [4.69, 9.17) is 16.3 Å². The average molecular weight is 200 g/mol. The molecule has 0 aromatic carbocycles. The normalized spacial score (nSPS) is 16.1. The standard InChI is InChI=1S/C7H6ClN3O2/c8-6-9-2-1-5(10-6)11-3-4-13-7(11)12/h1-2H,3-4H2. The summed E-state index contributed by atoms with van der Waals surface area (Å²) in [7, 11) is 0. The Balaban J connectivity index is 2.29. The van der Waals surface area contributed by atoms with Gasteiger partial charge in [-0.2, -0.15) is 0 Å². The molecule has 1 fully saturated rings. The minimum Gasteiger partial charge on any atom is -0.447 e. The number of carbonyl (C=O) groups excluding carboxylic acids is 1. The molecule has 68 valence electrons. The number of aromatic nitrogens is 2. The highest BCUT2D eigenvalue weighted by Gasteiger charge is 2.24. The van der Waals surface area contributed by atoms with Crippen LogP contribution in [0.5, 0.6) is 0 Å². The van der Waals surface area contributed by atoms with Crippen LogP contribution in [0.25, 0.3) is 0 Å². The number of hydrogen-bond acceptors (Lipinski definition) is 4. The molecule has 0 saturated carbocycles. The van der Waals surface area contributed by atoms with Gasteiger partial charge in [-0.1, -0.05) is 0 Å². The van der Waals surface area contributed by atoms with E-state index in [1.54, 1.807) is 6.07 Å². The number of rotatable bonds is 1. The first-order chi connectivity index (χ1) is 6.27. The van der Waals surface area contributed by atoms with Crippen molar-refractivity contribution in [3.8, 4) is 0 Å². The molecule has 1 saturated heterocycles. The summed E-state index contributed by atoms with van der Waals surface area (Å²) >= 11 is 5.57. The number of amides is 1. The van der Waals surface area contributed by atoms with Gasteiger partial charge in [-0.15, -0.1) is 0 Å². The van der Waals surface area contributed by atoms with Crippen LogP contribution in [0.2, 0.25) is 5.28 Å². The van der Waals surface area contributed by atoms with Gasteiger partial charge in [-0.25, -0.2) is 14.8 Å². The quantitative estimate of drug-likeness (QED) is 0.636. The van der Waals surface area contributed by atoms with Crippen molar-refractivity contribution < 1.29 is 9.53 Å². The summed E-state index contributed by atoms with van der Waals surface area (Å²) in [6.07, 6.45) is 1.10. The molecule has 1 aromatic heterocycles. The molecule has 13 heavy (non-hydrogen) atoms. The van der Waals surface area contributed by atoms with Gasteiger partial charge in [0.25, 0.3) is 0 Å². The number of hydrogen-bond donors (Lipinski definition) is 0. The number of halogens is 1. The second kappa shape index (κ2) is 3.18. The molecular weight excluding hydrogens is 194 g/mol. The zero-order valence-corrected chi connectivity index (χ0v) is 7.36. The van der Waals surface area contributed by atoms with Crippen molar-refractivity contribution in [1.29, 1.82) is 0 Å². The van der Waals surface area contributed by atoms with Crippen molar-refractivity contribution in [1.82, 2.24) is 9.97 Å². The molecule has 1 aliphatic rings. The molecule has 0 radical (unpaired) electrons. The highest BCUT2D eigenvalue weighted by atomic mass is 35.5. The third kappa shape index (κ3) is 1.55. The predicted octanol–water partition coefficient (Wildman–Crippen LogP) is 1.09. The van der Waals surface area contributed by atoms with Crippen LogP contribution in [0, 0.1) is 0 Å². The molecule has 0 unspecified atom stereocenters. The monoisotopic (exact) mass is 199 g/mol. The van der Waals surface area contributed by atoms with Crippen LogP contribution in [0.4, 0.5) is 10.6 Å². The number of cyclic esters (lactones) is 1. The molecule has 1 aliphatic heterocycles. The second-order valence-corrected chi connectivity index (χ2v) is 2.79. The van der Waals surface area contributed by atoms with E-state index >= 15 is 0 Å². The van der Waals surface area contributed by atoms with Gasteiger partial charge in [0.15, 0.2) is 0 Å². The van der Waals surface area contributed by atoms with E-state index in [9.17, 15) is 4.79 Å². The first-order valence-corrected chi connectivity index (χ1v) is 4.08. The number of carbonyl (C=O) groups is 1. The summed E-state index contributed by atoms with van der Waals surface area (Å²) in [4.78, 5) is 20.1. The second-order valence-electron chi connectivity index (χ2n) is 2.45. The third-order valence-corrected chi connectivity index (χ3v) is 1.83. The van der Waals surface area contributed by atoms with E-state index in [0.717, 1.165) is 0 Å². The zero-order valence-electron chi connectivity index (χ0n) is 6.61.